The van der Waals surface area contributed by atoms with E-state index in [4.69, 9.17) is 4.42 Å². The molecule has 0 saturated heterocycles. The van der Waals surface area contributed by atoms with Crippen LogP contribution in [0, 0.1) is 0 Å². The van der Waals surface area contributed by atoms with Crippen molar-refractivity contribution in [3.63, 3.8) is 0 Å². The first kappa shape index (κ1) is 18.0. The molecular weight excluding hydrogens is 364 g/mol. The smallest absolute Gasteiger partial charge is 0.247 e. The van der Waals surface area contributed by atoms with E-state index in [0.29, 0.717) is 24.9 Å². The molecule has 116 valence electrons. The maximum absolute atomic E-state index is 12.4. The first-order valence-electron chi connectivity index (χ1n) is 6.26. The van der Waals surface area contributed by atoms with Gasteiger partial charge in [-0.25, -0.2) is 8.42 Å². The fourth-order valence-corrected chi connectivity index (χ4v) is 4.17. The molecule has 8 heteroatoms. The van der Waals surface area contributed by atoms with Gasteiger partial charge < -0.3 is 9.73 Å². The fraction of sp³-hybridized carbons (Fsp3) is 0.667. The Kier molecular flexibility index (Phi) is 7.07. The summed E-state index contributed by atoms with van der Waals surface area (Å²) in [6, 6.07) is 1.88. The summed E-state index contributed by atoms with van der Waals surface area (Å²) >= 11 is 4.80. The highest BCUT2D eigenvalue weighted by atomic mass is 79.9. The SMILES string of the molecule is CSCCN(C)S(=O)(=O)c1cc(CNC(C)C)oc1Br. The van der Waals surface area contributed by atoms with Crippen LogP contribution in [0.1, 0.15) is 19.6 Å². The normalized spacial score (nSPS) is 12.6. The zero-order valence-electron chi connectivity index (χ0n) is 12.1. The minimum atomic E-state index is -3.51. The lowest BCUT2D eigenvalue weighted by molar-refractivity contribution is 0.444. The molecule has 0 unspecified atom stereocenters. The van der Waals surface area contributed by atoms with Crippen LogP contribution in [0.4, 0.5) is 0 Å². The second-order valence-electron chi connectivity index (χ2n) is 4.71. The summed E-state index contributed by atoms with van der Waals surface area (Å²) in [5.74, 6) is 1.36. The molecule has 1 aromatic rings. The molecule has 5 nitrogen and oxygen atoms in total. The molecule has 0 saturated carbocycles. The molecule has 0 aliphatic heterocycles. The van der Waals surface area contributed by atoms with Crippen molar-refractivity contribution in [2.45, 2.75) is 31.3 Å². The zero-order chi connectivity index (χ0) is 15.3. The van der Waals surface area contributed by atoms with Crippen LogP contribution in [-0.2, 0) is 16.6 Å². The van der Waals surface area contributed by atoms with Gasteiger partial charge in [0.25, 0.3) is 0 Å². The number of nitrogens with one attached hydrogen (secondary N) is 1. The molecule has 0 amide bonds. The molecule has 20 heavy (non-hydrogen) atoms. The van der Waals surface area contributed by atoms with Gasteiger partial charge in [0, 0.05) is 31.5 Å². The van der Waals surface area contributed by atoms with E-state index in [-0.39, 0.29) is 9.56 Å². The molecule has 1 aromatic heterocycles. The summed E-state index contributed by atoms with van der Waals surface area (Å²) in [5, 5.41) is 3.19. The van der Waals surface area contributed by atoms with Gasteiger partial charge in [-0.3, -0.25) is 0 Å². The average molecular weight is 385 g/mol. The summed E-state index contributed by atoms with van der Waals surface area (Å²) in [6.45, 7) is 5.01. The highest BCUT2D eigenvalue weighted by molar-refractivity contribution is 9.10. The topological polar surface area (TPSA) is 62.6 Å². The number of halogens is 1. The number of hydrogen-bond acceptors (Lipinski definition) is 5. The lowest BCUT2D eigenvalue weighted by Crippen LogP contribution is -2.29. The zero-order valence-corrected chi connectivity index (χ0v) is 15.4. The van der Waals surface area contributed by atoms with Gasteiger partial charge in [-0.15, -0.1) is 0 Å². The van der Waals surface area contributed by atoms with Gasteiger partial charge in [0.2, 0.25) is 10.0 Å². The fourth-order valence-electron chi connectivity index (χ4n) is 1.47. The third kappa shape index (κ3) is 4.77. The van der Waals surface area contributed by atoms with Gasteiger partial charge in [-0.2, -0.15) is 16.1 Å². The summed E-state index contributed by atoms with van der Waals surface area (Å²) in [6.07, 6.45) is 1.95. The number of furan rings is 1. The van der Waals surface area contributed by atoms with Crippen LogP contribution in [0.3, 0.4) is 0 Å². The molecule has 0 fully saturated rings. The summed E-state index contributed by atoms with van der Waals surface area (Å²) < 4.78 is 31.9. The molecular formula is C12H21BrN2O3S2. The Morgan fingerprint density at radius 2 is 2.15 bits per heavy atom. The maximum Gasteiger partial charge on any atom is 0.247 e. The summed E-state index contributed by atoms with van der Waals surface area (Å²) in [5.41, 5.74) is 0. The van der Waals surface area contributed by atoms with Crippen LogP contribution < -0.4 is 5.32 Å². The van der Waals surface area contributed by atoms with Crippen LogP contribution in [0.25, 0.3) is 0 Å². The van der Waals surface area contributed by atoms with Gasteiger partial charge >= 0.3 is 0 Å². The van der Waals surface area contributed by atoms with Gasteiger partial charge in [0.15, 0.2) is 4.67 Å². The van der Waals surface area contributed by atoms with Crippen molar-refractivity contribution in [1.82, 2.24) is 9.62 Å². The Labute approximate surface area is 133 Å². The lowest BCUT2D eigenvalue weighted by atomic mass is 10.3. The Hall–Kier alpha value is -0.0200. The Morgan fingerprint density at radius 1 is 1.50 bits per heavy atom. The first-order valence-corrected chi connectivity index (χ1v) is 9.88. The molecule has 1 heterocycles. The van der Waals surface area contributed by atoms with E-state index in [1.807, 2.05) is 20.1 Å². The minimum absolute atomic E-state index is 0.182. The number of nitrogens with zero attached hydrogens (tertiary/aromatic N) is 1. The lowest BCUT2D eigenvalue weighted by Gasteiger charge is -2.15. The molecule has 0 radical (unpaired) electrons. The Bertz CT molecular complexity index is 529. The van der Waals surface area contributed by atoms with Crippen LogP contribution in [0.15, 0.2) is 20.0 Å². The van der Waals surface area contributed by atoms with E-state index in [9.17, 15) is 8.42 Å². The molecule has 0 aliphatic carbocycles. The van der Waals surface area contributed by atoms with Gasteiger partial charge in [-0.05, 0) is 22.2 Å². The summed E-state index contributed by atoms with van der Waals surface area (Å²) in [4.78, 5) is 0.182. The van der Waals surface area contributed by atoms with Crippen molar-refractivity contribution < 1.29 is 12.8 Å². The largest absolute Gasteiger partial charge is 0.452 e. The molecule has 1 N–H and O–H groups in total. The third-order valence-electron chi connectivity index (χ3n) is 2.69. The number of sulfonamides is 1. The third-order valence-corrected chi connectivity index (χ3v) is 5.99. The highest BCUT2D eigenvalue weighted by Crippen LogP contribution is 2.28. The Balaban J connectivity index is 2.89. The van der Waals surface area contributed by atoms with Crippen LogP contribution in [-0.4, -0.2) is 44.4 Å². The van der Waals surface area contributed by atoms with Gasteiger partial charge in [0.1, 0.15) is 10.7 Å². The van der Waals surface area contributed by atoms with E-state index in [2.05, 4.69) is 21.2 Å². The molecule has 0 spiro atoms. The number of thioether (sulfide) groups is 1. The van der Waals surface area contributed by atoms with Crippen molar-refractivity contribution in [2.24, 2.45) is 0 Å². The number of hydrogen-bond donors (Lipinski definition) is 1. The standard InChI is InChI=1S/C12H21BrN2O3S2/c1-9(2)14-8-10-7-11(12(13)18-10)20(16,17)15(3)5-6-19-4/h7,9,14H,5-6,8H2,1-4H3. The van der Waals surface area contributed by atoms with Crippen molar-refractivity contribution in [3.05, 3.63) is 16.5 Å². The molecule has 1 rings (SSSR count). The average Bonchev–Trinajstić information content (AvgIpc) is 2.75. The molecule has 0 atom stereocenters. The Morgan fingerprint density at radius 3 is 2.70 bits per heavy atom. The van der Waals surface area contributed by atoms with E-state index in [0.717, 1.165) is 5.75 Å². The van der Waals surface area contributed by atoms with Gasteiger partial charge in [-0.1, -0.05) is 13.8 Å². The van der Waals surface area contributed by atoms with Crippen molar-refractivity contribution >= 4 is 37.7 Å². The first-order chi connectivity index (χ1) is 9.28. The van der Waals surface area contributed by atoms with Crippen molar-refractivity contribution in [2.75, 3.05) is 25.6 Å². The van der Waals surface area contributed by atoms with E-state index < -0.39 is 10.0 Å². The predicted octanol–water partition coefficient (Wildman–Crippen LogP) is 2.52. The number of rotatable bonds is 8. The van der Waals surface area contributed by atoms with E-state index in [1.165, 1.54) is 4.31 Å². The van der Waals surface area contributed by atoms with Crippen LogP contribution in [0.5, 0.6) is 0 Å². The van der Waals surface area contributed by atoms with Crippen LogP contribution >= 0.6 is 27.7 Å². The summed E-state index contributed by atoms with van der Waals surface area (Å²) in [7, 11) is -1.93. The highest BCUT2D eigenvalue weighted by Gasteiger charge is 2.26. The minimum Gasteiger partial charge on any atom is -0.452 e. The van der Waals surface area contributed by atoms with Crippen LogP contribution in [0.2, 0.25) is 0 Å². The van der Waals surface area contributed by atoms with E-state index in [1.54, 1.807) is 24.9 Å². The molecule has 0 bridgehead atoms. The maximum atomic E-state index is 12.4. The van der Waals surface area contributed by atoms with Crippen molar-refractivity contribution in [3.8, 4) is 0 Å². The molecule has 0 aromatic carbocycles. The van der Waals surface area contributed by atoms with E-state index >= 15 is 0 Å². The van der Waals surface area contributed by atoms with Gasteiger partial charge in [0.05, 0.1) is 6.54 Å². The molecule has 0 aliphatic rings. The van der Waals surface area contributed by atoms with Crippen molar-refractivity contribution in [1.29, 1.82) is 0 Å². The second-order valence-corrected chi connectivity index (χ2v) is 8.42. The quantitative estimate of drug-likeness (QED) is 0.745. The second kappa shape index (κ2) is 7.84. The predicted molar refractivity (Wildman–Crippen MR) is 86.6 cm³/mol. The monoisotopic (exact) mass is 384 g/mol.